The second-order valence-corrected chi connectivity index (χ2v) is 15.3. The van der Waals surface area contributed by atoms with E-state index < -0.39 is 57.1 Å². The number of carbonyl (C=O) groups is 2. The molecule has 3 aromatic carbocycles. The molecule has 6 N–H and O–H groups in total. The van der Waals surface area contributed by atoms with Crippen LogP contribution in [0.3, 0.4) is 0 Å². The van der Waals surface area contributed by atoms with Crippen LogP contribution in [0.15, 0.2) is 77.7 Å². The number of nitrogens with two attached hydrogens (primary N) is 1. The third kappa shape index (κ3) is 11.7. The van der Waals surface area contributed by atoms with Gasteiger partial charge in [-0.3, -0.25) is 9.59 Å². The second kappa shape index (κ2) is 17.0. The summed E-state index contributed by atoms with van der Waals surface area (Å²) >= 11 is 0. The number of benzene rings is 3. The molecule has 0 aliphatic carbocycles. The number of hydrogen-bond acceptors (Lipinski definition) is 7. The average Bonchev–Trinajstić information content (AvgIpc) is 2.98. The van der Waals surface area contributed by atoms with Gasteiger partial charge in [0.15, 0.2) is 0 Å². The molecule has 0 aliphatic rings. The summed E-state index contributed by atoms with van der Waals surface area (Å²) in [4.78, 5) is 26.7. The summed E-state index contributed by atoms with van der Waals surface area (Å²) in [5.41, 5.74) is 6.49. The van der Waals surface area contributed by atoms with E-state index in [-0.39, 0.29) is 49.1 Å². The molecule has 0 aromatic heterocycles. The molecule has 0 bridgehead atoms. The molecule has 2 unspecified atom stereocenters. The predicted molar refractivity (Wildman–Crippen MR) is 182 cm³/mol. The van der Waals surface area contributed by atoms with Gasteiger partial charge in [-0.2, -0.15) is 4.31 Å². The summed E-state index contributed by atoms with van der Waals surface area (Å²) in [6.07, 6.45) is -1.16. The predicted octanol–water partition coefficient (Wildman–Crippen LogP) is 3.60. The Morgan fingerprint density at radius 1 is 0.896 bits per heavy atom. The van der Waals surface area contributed by atoms with Gasteiger partial charge >= 0.3 is 0 Å². The maximum Gasteiger partial charge on any atom is 0.243 e. The molecule has 3 aromatic rings. The summed E-state index contributed by atoms with van der Waals surface area (Å²) in [5.74, 6) is -2.65. The number of carbonyl (C=O) groups excluding carboxylic acids is 2. The van der Waals surface area contributed by atoms with Gasteiger partial charge in [-0.05, 0) is 59.2 Å². The van der Waals surface area contributed by atoms with E-state index in [0.29, 0.717) is 5.56 Å². The topological polar surface area (TPSA) is 154 Å². The molecule has 0 fully saturated rings. The molecule has 262 valence electrons. The van der Waals surface area contributed by atoms with Crippen molar-refractivity contribution in [3.8, 4) is 0 Å². The zero-order valence-corrected chi connectivity index (χ0v) is 28.9. The molecule has 10 nitrogen and oxygen atoms in total. The number of hydrogen-bond donors (Lipinski definition) is 5. The highest BCUT2D eigenvalue weighted by Gasteiger charge is 2.36. The Morgan fingerprint density at radius 3 is 2.12 bits per heavy atom. The minimum atomic E-state index is -4.06. The quantitative estimate of drug-likeness (QED) is 0.144. The summed E-state index contributed by atoms with van der Waals surface area (Å²) in [6, 6.07) is 16.1. The zero-order valence-electron chi connectivity index (χ0n) is 28.0. The van der Waals surface area contributed by atoms with Crippen LogP contribution in [-0.4, -0.2) is 67.5 Å². The van der Waals surface area contributed by atoms with Crippen LogP contribution < -0.4 is 21.7 Å². The van der Waals surface area contributed by atoms with Gasteiger partial charge in [-0.25, -0.2) is 17.2 Å². The third-order valence-electron chi connectivity index (χ3n) is 7.52. The molecule has 0 aliphatic heterocycles. The van der Waals surface area contributed by atoms with Crippen LogP contribution in [-0.2, 0) is 32.6 Å². The standard InChI is InChI=1S/C35H47F2N5O5S/c1-23(2)21-42(48(46,47)29-13-9-12-28(38)18-29)22-31(43)30(16-24-10-7-6-8-11-24)40-34(45)33(35(3,4)5)41-32(44)20-39-19-25-14-26(36)17-27(37)15-25/h6-15,17-18,23,30-31,33,39,43H,16,19-22,38H2,1-5H3,(H,40,45)(H,41,44)/t30?,31?,33-/m1/s1. The van der Waals surface area contributed by atoms with Gasteiger partial charge in [-0.15, -0.1) is 0 Å². The number of anilines is 1. The number of aliphatic hydroxyl groups excluding tert-OH is 1. The number of aliphatic hydroxyl groups is 1. The van der Waals surface area contributed by atoms with Crippen LogP contribution in [0.4, 0.5) is 14.5 Å². The number of nitrogens with one attached hydrogen (secondary N) is 3. The highest BCUT2D eigenvalue weighted by atomic mass is 32.2. The first kappa shape index (κ1) is 38.5. The van der Waals surface area contributed by atoms with Gasteiger partial charge in [0, 0.05) is 31.4 Å². The third-order valence-corrected chi connectivity index (χ3v) is 9.34. The highest BCUT2D eigenvalue weighted by molar-refractivity contribution is 7.89. The normalized spacial score (nSPS) is 14.0. The Labute approximate surface area is 282 Å². The highest BCUT2D eigenvalue weighted by Crippen LogP contribution is 2.23. The number of rotatable bonds is 16. The molecule has 2 amide bonds. The molecule has 0 saturated heterocycles. The first-order valence-electron chi connectivity index (χ1n) is 15.8. The number of sulfonamides is 1. The SMILES string of the molecule is CC(C)CN(CC(O)C(Cc1ccccc1)NC(=O)[C@@H](NC(=O)CNCc1cc(F)cc(F)c1)C(C)(C)C)S(=O)(=O)c1cccc(N)c1. The van der Waals surface area contributed by atoms with Crippen molar-refractivity contribution in [2.75, 3.05) is 25.4 Å². The van der Waals surface area contributed by atoms with Gasteiger partial charge in [-0.1, -0.05) is 71.0 Å². The Hall–Kier alpha value is -3.91. The van der Waals surface area contributed by atoms with Crippen LogP contribution in [0.5, 0.6) is 0 Å². The average molecular weight is 688 g/mol. The van der Waals surface area contributed by atoms with E-state index in [2.05, 4.69) is 16.0 Å². The van der Waals surface area contributed by atoms with Crippen molar-refractivity contribution < 1.29 is 31.9 Å². The van der Waals surface area contributed by atoms with E-state index in [0.717, 1.165) is 23.8 Å². The van der Waals surface area contributed by atoms with Gasteiger partial charge in [0.05, 0.1) is 23.6 Å². The largest absolute Gasteiger partial charge is 0.399 e. The summed E-state index contributed by atoms with van der Waals surface area (Å²) in [7, 11) is -4.06. The van der Waals surface area contributed by atoms with Crippen molar-refractivity contribution in [1.82, 2.24) is 20.3 Å². The van der Waals surface area contributed by atoms with Crippen LogP contribution >= 0.6 is 0 Å². The lowest BCUT2D eigenvalue weighted by Crippen LogP contribution is -2.59. The number of amides is 2. The van der Waals surface area contributed by atoms with Crippen LogP contribution in [0.25, 0.3) is 0 Å². The summed E-state index contributed by atoms with van der Waals surface area (Å²) in [5, 5.41) is 20.0. The summed E-state index contributed by atoms with van der Waals surface area (Å²) in [6.45, 7) is 8.60. The minimum Gasteiger partial charge on any atom is -0.399 e. The van der Waals surface area contributed by atoms with Crippen molar-refractivity contribution in [3.05, 3.63) is 95.6 Å². The minimum absolute atomic E-state index is 0.00866. The van der Waals surface area contributed by atoms with Gasteiger partial charge in [0.1, 0.15) is 17.7 Å². The lowest BCUT2D eigenvalue weighted by molar-refractivity contribution is -0.132. The fourth-order valence-corrected chi connectivity index (χ4v) is 6.85. The first-order chi connectivity index (χ1) is 22.4. The molecule has 0 spiro atoms. The fraction of sp³-hybridized carbons (Fsp3) is 0.429. The number of nitrogens with zero attached hydrogens (tertiary/aromatic N) is 1. The van der Waals surface area contributed by atoms with E-state index in [4.69, 9.17) is 5.73 Å². The Balaban J connectivity index is 1.81. The smallest absolute Gasteiger partial charge is 0.243 e. The lowest BCUT2D eigenvalue weighted by Gasteiger charge is -2.34. The molecule has 3 rings (SSSR count). The van der Waals surface area contributed by atoms with Gasteiger partial charge in [0.25, 0.3) is 0 Å². The number of nitrogen functional groups attached to an aromatic ring is 1. The van der Waals surface area contributed by atoms with Crippen molar-refractivity contribution in [3.63, 3.8) is 0 Å². The van der Waals surface area contributed by atoms with E-state index in [9.17, 15) is 31.9 Å². The van der Waals surface area contributed by atoms with Crippen LogP contribution in [0.2, 0.25) is 0 Å². The number of halogens is 2. The van der Waals surface area contributed by atoms with Gasteiger partial charge in [0.2, 0.25) is 21.8 Å². The van der Waals surface area contributed by atoms with E-state index in [1.807, 2.05) is 44.2 Å². The van der Waals surface area contributed by atoms with E-state index in [1.54, 1.807) is 32.9 Å². The Morgan fingerprint density at radius 2 is 1.54 bits per heavy atom. The van der Waals surface area contributed by atoms with Crippen molar-refractivity contribution in [1.29, 1.82) is 0 Å². The molecule has 0 saturated carbocycles. The van der Waals surface area contributed by atoms with E-state index >= 15 is 0 Å². The molecular formula is C35H47F2N5O5S. The molecule has 3 atom stereocenters. The summed E-state index contributed by atoms with van der Waals surface area (Å²) < 4.78 is 55.7. The first-order valence-corrected chi connectivity index (χ1v) is 17.2. The van der Waals surface area contributed by atoms with Crippen LogP contribution in [0, 0.1) is 23.0 Å². The lowest BCUT2D eigenvalue weighted by atomic mass is 9.85. The van der Waals surface area contributed by atoms with Crippen molar-refractivity contribution in [2.45, 2.75) is 70.7 Å². The molecule has 0 radical (unpaired) electrons. The molecule has 48 heavy (non-hydrogen) atoms. The Kier molecular flexibility index (Phi) is 13.6. The Bertz CT molecular complexity index is 1610. The maximum absolute atomic E-state index is 13.8. The maximum atomic E-state index is 13.8. The monoisotopic (exact) mass is 687 g/mol. The molecule has 0 heterocycles. The molecule has 13 heteroatoms. The van der Waals surface area contributed by atoms with Crippen molar-refractivity contribution >= 4 is 27.5 Å². The van der Waals surface area contributed by atoms with E-state index in [1.165, 1.54) is 16.4 Å². The van der Waals surface area contributed by atoms with Crippen LogP contribution in [0.1, 0.15) is 45.7 Å². The van der Waals surface area contributed by atoms with Gasteiger partial charge < -0.3 is 26.8 Å². The second-order valence-electron chi connectivity index (χ2n) is 13.4. The van der Waals surface area contributed by atoms with Crippen molar-refractivity contribution in [2.24, 2.45) is 11.3 Å². The zero-order chi connectivity index (χ0) is 35.6. The molecular weight excluding hydrogens is 640 g/mol. The fourth-order valence-electron chi connectivity index (χ4n) is 5.18.